The summed E-state index contributed by atoms with van der Waals surface area (Å²) in [6.07, 6.45) is 13.7. The molecule has 10 atom stereocenters. The number of nitrogens with zero attached hydrogens (tertiary/aromatic N) is 1. The van der Waals surface area contributed by atoms with Gasteiger partial charge in [0.25, 0.3) is 0 Å². The van der Waals surface area contributed by atoms with Crippen molar-refractivity contribution in [2.75, 3.05) is 13.7 Å². The van der Waals surface area contributed by atoms with Gasteiger partial charge in [-0.2, -0.15) is 0 Å². The Bertz CT molecular complexity index is 1010. The summed E-state index contributed by atoms with van der Waals surface area (Å²) >= 11 is 0. The van der Waals surface area contributed by atoms with Crippen LogP contribution in [0.1, 0.15) is 79.1 Å². The lowest BCUT2D eigenvalue weighted by molar-refractivity contribution is -0.131. The zero-order valence-electron chi connectivity index (χ0n) is 23.2. The number of ketones is 1. The maximum absolute atomic E-state index is 13.4. The number of rotatable bonds is 8. The van der Waals surface area contributed by atoms with E-state index in [1.165, 1.54) is 50.7 Å². The Morgan fingerprint density at radius 2 is 2.03 bits per heavy atom. The van der Waals surface area contributed by atoms with Gasteiger partial charge in [-0.1, -0.05) is 40.0 Å². The van der Waals surface area contributed by atoms with Crippen molar-refractivity contribution >= 4 is 11.5 Å². The smallest absolute Gasteiger partial charge is 0.199 e. The van der Waals surface area contributed by atoms with E-state index >= 15 is 0 Å². The van der Waals surface area contributed by atoms with Crippen LogP contribution in [0.4, 0.5) is 0 Å². The maximum Gasteiger partial charge on any atom is 0.199 e. The average Bonchev–Trinajstić information content (AvgIpc) is 3.42. The molecule has 0 aromatic heterocycles. The summed E-state index contributed by atoms with van der Waals surface area (Å²) in [5.74, 6) is 3.83. The molecule has 0 aromatic carbocycles. The molecule has 2 spiro atoms. The van der Waals surface area contributed by atoms with E-state index in [1.54, 1.807) is 0 Å². The summed E-state index contributed by atoms with van der Waals surface area (Å²) in [6.45, 7) is 16.9. The normalized spacial score (nSPS) is 45.1. The van der Waals surface area contributed by atoms with E-state index in [0.29, 0.717) is 46.3 Å². The molecule has 4 nitrogen and oxygen atoms in total. The molecule has 0 amide bonds. The van der Waals surface area contributed by atoms with Crippen molar-refractivity contribution < 1.29 is 14.6 Å². The highest BCUT2D eigenvalue weighted by atomic mass is 16.5. The Kier molecular flexibility index (Phi) is 6.46. The third-order valence-corrected chi connectivity index (χ3v) is 11.8. The lowest BCUT2D eigenvalue weighted by atomic mass is 9.49. The van der Waals surface area contributed by atoms with Gasteiger partial charge >= 0.3 is 0 Å². The van der Waals surface area contributed by atoms with Crippen molar-refractivity contribution in [3.05, 3.63) is 36.6 Å². The Hall–Kier alpha value is -1.68. The Morgan fingerprint density at radius 3 is 2.69 bits per heavy atom. The number of fused-ring (bicyclic) bond motifs is 2. The SMILES string of the molecule is C=C(C)OC(C(=O)C(=C)CCO)C(C)C1C(C)CC2C3CCC4CC(=NC)C=CC45CC35CCC21C. The second-order valence-corrected chi connectivity index (χ2v) is 13.4. The predicted molar refractivity (Wildman–Crippen MR) is 146 cm³/mol. The lowest BCUT2D eigenvalue weighted by Crippen LogP contribution is -2.50. The Labute approximate surface area is 218 Å². The number of carbonyl (C=O) groups excluding carboxylic acids is 1. The van der Waals surface area contributed by atoms with Gasteiger partial charge in [0.15, 0.2) is 11.9 Å². The van der Waals surface area contributed by atoms with E-state index in [0.717, 1.165) is 11.8 Å². The fraction of sp³-hybridized carbons (Fsp3) is 0.750. The van der Waals surface area contributed by atoms with E-state index < -0.39 is 6.10 Å². The van der Waals surface area contributed by atoms with Gasteiger partial charge in [0.05, 0.1) is 5.76 Å². The van der Waals surface area contributed by atoms with Crippen LogP contribution in [-0.2, 0) is 9.53 Å². The van der Waals surface area contributed by atoms with E-state index in [-0.39, 0.29) is 23.7 Å². The molecular weight excluding hydrogens is 446 g/mol. The number of carbonyl (C=O) groups is 1. The number of aliphatic hydroxyl groups is 1. The van der Waals surface area contributed by atoms with Crippen LogP contribution in [0.15, 0.2) is 41.6 Å². The van der Waals surface area contributed by atoms with E-state index in [4.69, 9.17) is 4.74 Å². The third kappa shape index (κ3) is 3.56. The quantitative estimate of drug-likeness (QED) is 0.308. The zero-order chi connectivity index (χ0) is 26.0. The number of Topliss-reactive ketones (excluding diaryl/α,β-unsaturated/α-hetero) is 1. The predicted octanol–water partition coefficient (Wildman–Crippen LogP) is 6.55. The Balaban J connectivity index is 1.43. The van der Waals surface area contributed by atoms with Crippen molar-refractivity contribution in [1.82, 2.24) is 0 Å². The number of ether oxygens (including phenoxy) is 1. The van der Waals surface area contributed by atoms with Crippen molar-refractivity contribution in [1.29, 1.82) is 0 Å². The molecule has 5 aliphatic rings. The van der Waals surface area contributed by atoms with Gasteiger partial charge in [-0.25, -0.2) is 0 Å². The highest BCUT2D eigenvalue weighted by Crippen LogP contribution is 2.84. The van der Waals surface area contributed by atoms with Crippen molar-refractivity contribution in [3.8, 4) is 0 Å². The average molecular weight is 494 g/mol. The van der Waals surface area contributed by atoms with Gasteiger partial charge in [0.2, 0.25) is 0 Å². The third-order valence-electron chi connectivity index (χ3n) is 11.8. The van der Waals surface area contributed by atoms with Crippen molar-refractivity contribution in [2.45, 2.75) is 85.2 Å². The van der Waals surface area contributed by atoms with E-state index in [2.05, 4.69) is 51.1 Å². The van der Waals surface area contributed by atoms with Crippen LogP contribution in [0.2, 0.25) is 0 Å². The molecule has 10 unspecified atom stereocenters. The van der Waals surface area contributed by atoms with Crippen LogP contribution >= 0.6 is 0 Å². The minimum atomic E-state index is -0.573. The molecule has 1 N–H and O–H groups in total. The van der Waals surface area contributed by atoms with E-state index in [9.17, 15) is 9.90 Å². The lowest BCUT2D eigenvalue weighted by Gasteiger charge is -2.55. The second-order valence-electron chi connectivity index (χ2n) is 13.4. The molecule has 5 rings (SSSR count). The monoisotopic (exact) mass is 493 g/mol. The first-order chi connectivity index (χ1) is 17.0. The van der Waals surface area contributed by atoms with Crippen LogP contribution in [0, 0.1) is 51.8 Å². The van der Waals surface area contributed by atoms with Gasteiger partial charge in [-0.05, 0) is 116 Å². The first-order valence-corrected chi connectivity index (χ1v) is 14.3. The summed E-state index contributed by atoms with van der Waals surface area (Å²) in [6, 6.07) is 0. The summed E-state index contributed by atoms with van der Waals surface area (Å²) in [5.41, 5.74) is 2.87. The molecule has 4 saturated carbocycles. The molecule has 0 radical (unpaired) electrons. The highest BCUT2D eigenvalue weighted by molar-refractivity contribution is 5.98. The molecule has 4 heteroatoms. The van der Waals surface area contributed by atoms with Gasteiger partial charge in [0.1, 0.15) is 0 Å². The van der Waals surface area contributed by atoms with Gasteiger partial charge in [-0.15, -0.1) is 0 Å². The summed E-state index contributed by atoms with van der Waals surface area (Å²) in [7, 11) is 1.94. The fourth-order valence-electron chi connectivity index (χ4n) is 10.5. The van der Waals surface area contributed by atoms with Crippen LogP contribution in [0.25, 0.3) is 0 Å². The van der Waals surface area contributed by atoms with Gasteiger partial charge in [0, 0.05) is 25.3 Å². The van der Waals surface area contributed by atoms with Gasteiger partial charge < -0.3 is 9.84 Å². The minimum absolute atomic E-state index is 0.0616. The molecule has 4 fully saturated rings. The number of hydrogen-bond donors (Lipinski definition) is 1. The maximum atomic E-state index is 13.4. The first-order valence-electron chi connectivity index (χ1n) is 14.3. The molecular formula is C32H47NO3. The zero-order valence-corrected chi connectivity index (χ0v) is 23.2. The number of hydrogen-bond acceptors (Lipinski definition) is 4. The second kappa shape index (κ2) is 8.96. The van der Waals surface area contributed by atoms with Crippen LogP contribution in [0.5, 0.6) is 0 Å². The molecule has 0 aromatic rings. The van der Waals surface area contributed by atoms with Crippen LogP contribution in [-0.4, -0.2) is 36.4 Å². The number of aliphatic imine (C=N–C) groups is 1. The largest absolute Gasteiger partial charge is 0.487 e. The van der Waals surface area contributed by atoms with Crippen molar-refractivity contribution in [2.24, 2.45) is 56.7 Å². The van der Waals surface area contributed by atoms with Gasteiger partial charge in [-0.3, -0.25) is 9.79 Å². The fourth-order valence-corrected chi connectivity index (χ4v) is 10.5. The number of aliphatic hydroxyl groups excluding tert-OH is 1. The first kappa shape index (κ1) is 25.9. The number of allylic oxidation sites excluding steroid dienone is 3. The molecule has 36 heavy (non-hydrogen) atoms. The molecule has 0 bridgehead atoms. The van der Waals surface area contributed by atoms with Crippen LogP contribution < -0.4 is 0 Å². The molecule has 198 valence electrons. The molecule has 5 aliphatic carbocycles. The molecule has 0 aliphatic heterocycles. The van der Waals surface area contributed by atoms with E-state index in [1.807, 2.05) is 14.0 Å². The summed E-state index contributed by atoms with van der Waals surface area (Å²) < 4.78 is 6.15. The summed E-state index contributed by atoms with van der Waals surface area (Å²) in [5, 5.41) is 9.40. The standard InChI is InChI=1S/C32H47NO3/c1-19(2)36-29(28(35)20(3)11-15-34)22(5)27-21(4)16-26-25-9-8-23-17-24(33-7)10-12-31(23)18-32(25,31)14-13-30(26,27)6/h10,12,21-23,25-27,29,34H,1,3,8-9,11,13-18H2,2,4-7H3. The molecule has 0 saturated heterocycles. The Morgan fingerprint density at radius 1 is 1.28 bits per heavy atom. The highest BCUT2D eigenvalue weighted by Gasteiger charge is 2.78. The molecule has 0 heterocycles. The topological polar surface area (TPSA) is 58.9 Å². The summed E-state index contributed by atoms with van der Waals surface area (Å²) in [4.78, 5) is 18.0. The van der Waals surface area contributed by atoms with Crippen molar-refractivity contribution in [3.63, 3.8) is 0 Å². The van der Waals surface area contributed by atoms with Crippen LogP contribution in [0.3, 0.4) is 0 Å². The minimum Gasteiger partial charge on any atom is -0.487 e.